The molecule has 2 spiro atoms. The highest BCUT2D eigenvalue weighted by Gasteiger charge is 2.78. The summed E-state index contributed by atoms with van der Waals surface area (Å²) in [6, 6.07) is 19.1. The van der Waals surface area contributed by atoms with Crippen LogP contribution in [-0.4, -0.2) is 56.3 Å². The first kappa shape index (κ1) is 23.6. The standard InChI is InChI=1S/C27H23ClN4O2S2/c1-30-16-21(18-10-12-29-13-11-18)27(24(34)32(25(35)36-27)15-17-6-4-3-5-7-17)26(30)20-14-19(28)8-9-22(20)31(2)23(26)33/h3-14,21H,15-16H2,1-2H3/t21-,26+,27-/m0/s1. The van der Waals surface area contributed by atoms with Crippen molar-refractivity contribution in [2.45, 2.75) is 22.7 Å². The first-order valence-electron chi connectivity index (χ1n) is 11.6. The van der Waals surface area contributed by atoms with Gasteiger partial charge in [0.15, 0.2) is 5.54 Å². The third-order valence-electron chi connectivity index (χ3n) is 7.70. The van der Waals surface area contributed by atoms with E-state index in [0.29, 0.717) is 22.4 Å². The van der Waals surface area contributed by atoms with Crippen LogP contribution in [0.2, 0.25) is 5.02 Å². The van der Waals surface area contributed by atoms with Gasteiger partial charge in [0, 0.05) is 48.2 Å². The molecular weight excluding hydrogens is 512 g/mol. The minimum Gasteiger partial charge on any atom is -0.313 e. The zero-order valence-corrected chi connectivity index (χ0v) is 22.1. The van der Waals surface area contributed by atoms with E-state index in [4.69, 9.17) is 23.8 Å². The van der Waals surface area contributed by atoms with Crippen molar-refractivity contribution in [3.63, 3.8) is 0 Å². The van der Waals surface area contributed by atoms with Crippen molar-refractivity contribution in [1.29, 1.82) is 0 Å². The lowest BCUT2D eigenvalue weighted by Crippen LogP contribution is -2.62. The summed E-state index contributed by atoms with van der Waals surface area (Å²) in [4.78, 5) is 38.6. The summed E-state index contributed by atoms with van der Waals surface area (Å²) in [5, 5.41) is 0.520. The molecule has 1 aromatic heterocycles. The molecule has 3 atom stereocenters. The molecule has 3 aliphatic heterocycles. The van der Waals surface area contributed by atoms with E-state index in [1.165, 1.54) is 11.8 Å². The molecule has 9 heteroatoms. The van der Waals surface area contributed by atoms with E-state index in [1.807, 2.05) is 66.5 Å². The molecule has 2 saturated heterocycles. The molecule has 3 aliphatic rings. The summed E-state index contributed by atoms with van der Waals surface area (Å²) >= 11 is 13.7. The van der Waals surface area contributed by atoms with Gasteiger partial charge in [-0.25, -0.2) is 0 Å². The van der Waals surface area contributed by atoms with Crippen LogP contribution in [0, 0.1) is 0 Å². The van der Waals surface area contributed by atoms with Crippen LogP contribution in [-0.2, 0) is 21.7 Å². The highest BCUT2D eigenvalue weighted by molar-refractivity contribution is 8.25. The molecule has 6 nitrogen and oxygen atoms in total. The van der Waals surface area contributed by atoms with E-state index in [2.05, 4.69) is 4.98 Å². The number of likely N-dealkylation sites (tertiary alicyclic amines) is 1. The third-order valence-corrected chi connectivity index (χ3v) is 9.88. The average Bonchev–Trinajstić information content (AvgIpc) is 3.38. The number of rotatable bonds is 3. The molecule has 6 rings (SSSR count). The predicted molar refractivity (Wildman–Crippen MR) is 146 cm³/mol. The van der Waals surface area contributed by atoms with Crippen molar-refractivity contribution >= 4 is 57.4 Å². The molecule has 36 heavy (non-hydrogen) atoms. The molecule has 2 amide bonds. The number of carbonyl (C=O) groups is 2. The average molecular weight is 535 g/mol. The Bertz CT molecular complexity index is 1410. The Balaban J connectivity index is 1.60. The Hall–Kier alpha value is -2.78. The molecule has 0 radical (unpaired) electrons. The molecule has 3 aromatic rings. The number of aromatic nitrogens is 1. The molecule has 0 aliphatic carbocycles. The van der Waals surface area contributed by atoms with Gasteiger partial charge < -0.3 is 4.90 Å². The van der Waals surface area contributed by atoms with Crippen LogP contribution in [0.3, 0.4) is 0 Å². The van der Waals surface area contributed by atoms with Crippen molar-refractivity contribution in [2.75, 3.05) is 25.5 Å². The largest absolute Gasteiger partial charge is 0.313 e. The Morgan fingerprint density at radius 1 is 1.06 bits per heavy atom. The van der Waals surface area contributed by atoms with Crippen molar-refractivity contribution in [1.82, 2.24) is 14.8 Å². The highest BCUT2D eigenvalue weighted by Crippen LogP contribution is 2.66. The number of hydrogen-bond acceptors (Lipinski definition) is 6. The fourth-order valence-corrected chi connectivity index (χ4v) is 8.47. The maximum Gasteiger partial charge on any atom is 0.254 e. The maximum atomic E-state index is 14.8. The lowest BCUT2D eigenvalue weighted by atomic mass is 9.72. The molecular formula is C27H23ClN4O2S2. The summed E-state index contributed by atoms with van der Waals surface area (Å²) in [6.45, 7) is 0.846. The monoisotopic (exact) mass is 534 g/mol. The van der Waals surface area contributed by atoms with Crippen molar-refractivity contribution < 1.29 is 9.59 Å². The minimum absolute atomic E-state index is 0.149. The van der Waals surface area contributed by atoms with E-state index in [9.17, 15) is 9.59 Å². The topological polar surface area (TPSA) is 56.8 Å². The summed E-state index contributed by atoms with van der Waals surface area (Å²) < 4.78 is -0.737. The Morgan fingerprint density at radius 2 is 1.78 bits per heavy atom. The van der Waals surface area contributed by atoms with Gasteiger partial charge in [0.25, 0.3) is 5.91 Å². The van der Waals surface area contributed by atoms with Gasteiger partial charge in [0.2, 0.25) is 5.91 Å². The molecule has 0 N–H and O–H groups in total. The van der Waals surface area contributed by atoms with Gasteiger partial charge in [-0.1, -0.05) is 65.9 Å². The Labute approximate surface area is 224 Å². The number of likely N-dealkylation sites (N-methyl/N-ethyl adjacent to an activating group) is 2. The lowest BCUT2D eigenvalue weighted by Gasteiger charge is -2.42. The summed E-state index contributed by atoms with van der Waals surface area (Å²) in [7, 11) is 3.68. The van der Waals surface area contributed by atoms with Crippen LogP contribution >= 0.6 is 35.6 Å². The van der Waals surface area contributed by atoms with E-state index in [0.717, 1.165) is 22.4 Å². The summed E-state index contributed by atoms with van der Waals surface area (Å²) in [5.74, 6) is -0.602. The number of thioether (sulfide) groups is 1. The number of nitrogens with zero attached hydrogens (tertiary/aromatic N) is 4. The fraction of sp³-hybridized carbons (Fsp3) is 0.259. The van der Waals surface area contributed by atoms with Gasteiger partial charge >= 0.3 is 0 Å². The zero-order chi connectivity index (χ0) is 25.2. The second-order valence-electron chi connectivity index (χ2n) is 9.43. The first-order chi connectivity index (χ1) is 17.3. The van der Waals surface area contributed by atoms with Crippen LogP contribution in [0.4, 0.5) is 5.69 Å². The molecule has 0 bridgehead atoms. The predicted octanol–water partition coefficient (Wildman–Crippen LogP) is 4.44. The zero-order valence-electron chi connectivity index (χ0n) is 19.7. The van der Waals surface area contributed by atoms with Gasteiger partial charge in [-0.3, -0.25) is 24.4 Å². The maximum absolute atomic E-state index is 14.8. The molecule has 2 fully saturated rings. The second kappa shape index (κ2) is 8.38. The smallest absolute Gasteiger partial charge is 0.254 e. The van der Waals surface area contributed by atoms with Gasteiger partial charge in [0.1, 0.15) is 9.07 Å². The van der Waals surface area contributed by atoms with Crippen molar-refractivity contribution in [3.05, 3.63) is 94.8 Å². The molecule has 0 unspecified atom stereocenters. The Morgan fingerprint density at radius 3 is 2.50 bits per heavy atom. The number of halogens is 1. The summed E-state index contributed by atoms with van der Waals surface area (Å²) in [6.07, 6.45) is 3.46. The molecule has 0 saturated carbocycles. The van der Waals surface area contributed by atoms with Crippen LogP contribution in [0.5, 0.6) is 0 Å². The number of anilines is 1. The van der Waals surface area contributed by atoms with E-state index in [1.54, 1.807) is 35.3 Å². The third kappa shape index (κ3) is 2.96. The van der Waals surface area contributed by atoms with Crippen molar-refractivity contribution in [2.24, 2.45) is 0 Å². The highest BCUT2D eigenvalue weighted by atomic mass is 35.5. The number of hydrogen-bond donors (Lipinski definition) is 0. The van der Waals surface area contributed by atoms with Crippen LogP contribution in [0.15, 0.2) is 73.1 Å². The number of pyridine rings is 1. The molecule has 4 heterocycles. The van der Waals surface area contributed by atoms with Crippen LogP contribution in [0.1, 0.15) is 22.6 Å². The van der Waals surface area contributed by atoms with E-state index >= 15 is 0 Å². The summed E-state index contributed by atoms with van der Waals surface area (Å²) in [5.41, 5.74) is 2.15. The first-order valence-corrected chi connectivity index (χ1v) is 13.2. The minimum atomic E-state index is -1.27. The second-order valence-corrected chi connectivity index (χ2v) is 11.7. The number of thiocarbonyl (C=S) groups is 1. The molecule has 2 aromatic carbocycles. The number of benzene rings is 2. The van der Waals surface area contributed by atoms with E-state index in [-0.39, 0.29) is 17.7 Å². The normalized spacial score (nSPS) is 27.6. The Kier molecular flexibility index (Phi) is 5.50. The SMILES string of the molecule is CN1C(=O)[C@@]2(c3cc(Cl)ccc31)N(C)C[C@@H](c1ccncc1)[C@@]21SC(=S)N(Cc2ccccc2)C1=O. The van der Waals surface area contributed by atoms with Crippen LogP contribution < -0.4 is 4.90 Å². The fourth-order valence-electron chi connectivity index (χ4n) is 6.17. The van der Waals surface area contributed by atoms with Gasteiger partial charge in [0.05, 0.1) is 6.54 Å². The van der Waals surface area contributed by atoms with E-state index < -0.39 is 10.3 Å². The van der Waals surface area contributed by atoms with Crippen LogP contribution in [0.25, 0.3) is 0 Å². The number of fused-ring (bicyclic) bond motifs is 3. The number of amides is 2. The quantitative estimate of drug-likeness (QED) is 0.463. The van der Waals surface area contributed by atoms with Crippen molar-refractivity contribution in [3.8, 4) is 0 Å². The van der Waals surface area contributed by atoms with Gasteiger partial charge in [-0.2, -0.15) is 0 Å². The van der Waals surface area contributed by atoms with Gasteiger partial charge in [-0.15, -0.1) is 0 Å². The van der Waals surface area contributed by atoms with Gasteiger partial charge in [-0.05, 0) is 48.5 Å². The molecule has 182 valence electrons. The number of carbonyl (C=O) groups excluding carboxylic acids is 2. The lowest BCUT2D eigenvalue weighted by molar-refractivity contribution is -0.139.